The summed E-state index contributed by atoms with van der Waals surface area (Å²) in [5.41, 5.74) is -2.62. The Balaban J connectivity index is 1.72. The predicted octanol–water partition coefficient (Wildman–Crippen LogP) is 3.62. The largest absolute Gasteiger partial charge is 0.508 e. The Labute approximate surface area is 273 Å². The highest BCUT2D eigenvalue weighted by molar-refractivity contribution is 7.80. The maximum atomic E-state index is 13.6. The Morgan fingerprint density at radius 3 is 2.15 bits per heavy atom. The number of aromatic hydroxyl groups is 1. The molecule has 0 saturated heterocycles. The van der Waals surface area contributed by atoms with Crippen molar-refractivity contribution in [2.24, 2.45) is 10.2 Å². The summed E-state index contributed by atoms with van der Waals surface area (Å²) in [5.74, 6) is -0.846. The van der Waals surface area contributed by atoms with Crippen LogP contribution in [0, 0.1) is 12.3 Å². The fraction of sp³-hybridized carbons (Fsp3) is 0.387. The second-order valence-corrected chi connectivity index (χ2v) is 11.0. The van der Waals surface area contributed by atoms with Gasteiger partial charge in [-0.05, 0) is 61.9 Å². The van der Waals surface area contributed by atoms with E-state index in [1.54, 1.807) is 0 Å². The number of benzene rings is 2. The zero-order chi connectivity index (χ0) is 34.6. The third-order valence-corrected chi connectivity index (χ3v) is 7.39. The minimum absolute atomic E-state index is 0.0131. The number of carboxylic acid groups (broad SMARTS) is 1. The molecule has 47 heavy (non-hydrogen) atoms. The highest BCUT2D eigenvalue weighted by Gasteiger charge is 2.65. The molecule has 2 atom stereocenters. The monoisotopic (exact) mass is 674 g/mol. The smallest absolute Gasteiger partial charge is 0.442 e. The lowest BCUT2D eigenvalue weighted by Crippen LogP contribution is -2.50. The second kappa shape index (κ2) is 16.5. The highest BCUT2D eigenvalue weighted by atomic mass is 32.1. The first-order valence-corrected chi connectivity index (χ1v) is 14.9. The molecule has 6 N–H and O–H groups in total. The van der Waals surface area contributed by atoms with Gasteiger partial charge in [0.1, 0.15) is 17.8 Å². The van der Waals surface area contributed by atoms with Gasteiger partial charge >= 0.3 is 17.8 Å². The zero-order valence-electron chi connectivity index (χ0n) is 25.0. The number of rotatable bonds is 17. The van der Waals surface area contributed by atoms with Gasteiger partial charge in [0, 0.05) is 24.1 Å². The maximum Gasteiger partial charge on any atom is 0.442 e. The molecule has 3 amide bonds. The average Bonchev–Trinajstić information content (AvgIpc) is 3.85. The molecule has 0 unspecified atom stereocenters. The standard InChI is InChI=1S/C31H33F3N6O6S/c1-2-17-36-29(46)26(19-11-15-22(41)16-12-19)38-28(45)23(6-3-4-18-35-24(47)7-5-8-25(42)43)37-27(44)20-9-13-21(14-10-20)30(39-40-30)31(32,33)34/h1,9-16,23,26,41H,3-8,17-18H2,(H,35,47)(H,36,46)(H,37,44)(H,38,45)(H,42,43)/t23-,26-/m0/s1. The Morgan fingerprint density at radius 2 is 1.57 bits per heavy atom. The van der Waals surface area contributed by atoms with Crippen LogP contribution >= 0.6 is 12.2 Å². The van der Waals surface area contributed by atoms with E-state index in [1.807, 2.05) is 0 Å². The van der Waals surface area contributed by atoms with E-state index in [0.717, 1.165) is 24.3 Å². The second-order valence-electron chi connectivity index (χ2n) is 10.5. The number of phenolic OH excluding ortho intramolecular Hbond substituents is 1. The summed E-state index contributed by atoms with van der Waals surface area (Å²) in [5, 5.41) is 35.5. The van der Waals surface area contributed by atoms with Crippen LogP contribution < -0.4 is 21.3 Å². The first kappa shape index (κ1) is 36.4. The van der Waals surface area contributed by atoms with Crippen molar-refractivity contribution in [1.82, 2.24) is 21.3 Å². The van der Waals surface area contributed by atoms with Crippen LogP contribution in [0.4, 0.5) is 13.2 Å². The van der Waals surface area contributed by atoms with E-state index in [2.05, 4.69) is 37.4 Å². The molecule has 0 fully saturated rings. The lowest BCUT2D eigenvalue weighted by Gasteiger charge is -2.23. The molecule has 2 aromatic carbocycles. The van der Waals surface area contributed by atoms with Crippen LogP contribution in [0.5, 0.6) is 5.75 Å². The van der Waals surface area contributed by atoms with Crippen LogP contribution in [0.2, 0.25) is 0 Å². The molecule has 0 radical (unpaired) electrons. The van der Waals surface area contributed by atoms with Crippen LogP contribution in [-0.2, 0) is 20.0 Å². The molecule has 1 aliphatic heterocycles. The molecule has 250 valence electrons. The topological polar surface area (TPSA) is 182 Å². The molecule has 0 saturated carbocycles. The summed E-state index contributed by atoms with van der Waals surface area (Å²) in [6, 6.07) is 7.59. The molecule has 1 heterocycles. The molecule has 0 bridgehead atoms. The van der Waals surface area contributed by atoms with Crippen LogP contribution in [0.15, 0.2) is 58.8 Å². The van der Waals surface area contributed by atoms with Gasteiger partial charge in [0.2, 0.25) is 11.8 Å². The molecule has 2 aromatic rings. The normalized spacial score (nSPS) is 14.2. The fourth-order valence-electron chi connectivity index (χ4n) is 4.45. The Morgan fingerprint density at radius 1 is 0.915 bits per heavy atom. The van der Waals surface area contributed by atoms with Gasteiger partial charge in [-0.25, -0.2) is 0 Å². The van der Waals surface area contributed by atoms with Crippen molar-refractivity contribution in [2.45, 2.75) is 62.4 Å². The van der Waals surface area contributed by atoms with Crippen LogP contribution in [-0.4, -0.2) is 64.2 Å². The summed E-state index contributed by atoms with van der Waals surface area (Å²) in [6.45, 7) is 0.290. The number of carbonyl (C=O) groups is 4. The number of unbranched alkanes of at least 4 members (excludes halogenated alkanes) is 1. The number of amides is 3. The molecular formula is C31H33F3N6O6S. The molecule has 0 aromatic heterocycles. The number of nitrogens with zero attached hydrogens (tertiary/aromatic N) is 2. The number of nitrogens with one attached hydrogen (secondary N) is 4. The number of halogens is 3. The van der Waals surface area contributed by atoms with Gasteiger partial charge in [0.05, 0.1) is 11.5 Å². The van der Waals surface area contributed by atoms with E-state index >= 15 is 0 Å². The van der Waals surface area contributed by atoms with Gasteiger partial charge in [-0.1, -0.05) is 42.4 Å². The number of aliphatic carboxylic acids is 1. The van der Waals surface area contributed by atoms with E-state index in [1.165, 1.54) is 24.3 Å². The molecule has 0 aliphatic carbocycles. The number of carbonyl (C=O) groups excluding carboxylic acids is 3. The lowest BCUT2D eigenvalue weighted by molar-refractivity contribution is -0.166. The Hall–Kier alpha value is -5.04. The van der Waals surface area contributed by atoms with E-state index < -0.39 is 47.6 Å². The van der Waals surface area contributed by atoms with E-state index in [-0.39, 0.29) is 36.3 Å². The predicted molar refractivity (Wildman–Crippen MR) is 167 cm³/mol. The molecular weight excluding hydrogens is 641 g/mol. The van der Waals surface area contributed by atoms with Crippen LogP contribution in [0.3, 0.4) is 0 Å². The van der Waals surface area contributed by atoms with Crippen molar-refractivity contribution >= 4 is 40.9 Å². The number of thiocarbonyl (C=S) groups is 1. The third kappa shape index (κ3) is 10.5. The third-order valence-electron chi connectivity index (χ3n) is 7.04. The van der Waals surface area contributed by atoms with Crippen molar-refractivity contribution in [1.29, 1.82) is 0 Å². The summed E-state index contributed by atoms with van der Waals surface area (Å²) < 4.78 is 40.1. The molecule has 1 aliphatic rings. The summed E-state index contributed by atoms with van der Waals surface area (Å²) in [4.78, 5) is 50.8. The summed E-state index contributed by atoms with van der Waals surface area (Å²) >= 11 is 5.21. The molecule has 12 nitrogen and oxygen atoms in total. The van der Waals surface area contributed by atoms with E-state index in [4.69, 9.17) is 23.7 Å². The van der Waals surface area contributed by atoms with Crippen molar-refractivity contribution in [3.8, 4) is 18.1 Å². The number of carboxylic acids is 1. The molecule has 16 heteroatoms. The number of hydrogen-bond acceptors (Lipinski definition) is 8. The van der Waals surface area contributed by atoms with E-state index in [9.17, 15) is 37.5 Å². The maximum absolute atomic E-state index is 13.6. The van der Waals surface area contributed by atoms with E-state index in [0.29, 0.717) is 42.8 Å². The number of phenols is 1. The van der Waals surface area contributed by atoms with Gasteiger partial charge in [0.15, 0.2) is 0 Å². The highest BCUT2D eigenvalue weighted by Crippen LogP contribution is 2.52. The van der Waals surface area contributed by atoms with Crippen molar-refractivity contribution in [2.75, 3.05) is 13.1 Å². The van der Waals surface area contributed by atoms with Crippen molar-refractivity contribution in [3.63, 3.8) is 0 Å². The van der Waals surface area contributed by atoms with Crippen molar-refractivity contribution < 1.29 is 42.6 Å². The minimum Gasteiger partial charge on any atom is -0.508 e. The van der Waals surface area contributed by atoms with Gasteiger partial charge in [0.25, 0.3) is 5.91 Å². The van der Waals surface area contributed by atoms with Gasteiger partial charge < -0.3 is 31.5 Å². The summed E-state index contributed by atoms with van der Waals surface area (Å²) in [7, 11) is 0. The first-order chi connectivity index (χ1) is 22.3. The molecule has 3 rings (SSSR count). The number of terminal acetylenes is 1. The SMILES string of the molecule is C#CCNC(=O)[C@@H](NC(=O)[C@H](CCCCNC(=S)CCCC(=O)O)NC(=O)c1ccc(C2(C(F)(F)F)N=N2)cc1)c1ccc(O)cc1. The van der Waals surface area contributed by atoms with Crippen LogP contribution in [0.25, 0.3) is 0 Å². The molecule has 0 spiro atoms. The fourth-order valence-corrected chi connectivity index (χ4v) is 4.69. The quantitative estimate of drug-likeness (QED) is 0.0836. The van der Waals surface area contributed by atoms with Crippen LogP contribution in [0.1, 0.15) is 66.1 Å². The Bertz CT molecular complexity index is 1520. The van der Waals surface area contributed by atoms with Gasteiger partial charge in [-0.15, -0.1) is 16.7 Å². The zero-order valence-corrected chi connectivity index (χ0v) is 25.8. The number of alkyl halides is 3. The number of hydrogen-bond donors (Lipinski definition) is 6. The summed E-state index contributed by atoms with van der Waals surface area (Å²) in [6.07, 6.45) is 2.28. The lowest BCUT2D eigenvalue weighted by atomic mass is 10.0. The average molecular weight is 675 g/mol. The van der Waals surface area contributed by atoms with Crippen molar-refractivity contribution in [3.05, 3.63) is 65.2 Å². The first-order valence-electron chi connectivity index (χ1n) is 14.5. The Kier molecular flexibility index (Phi) is 12.8. The minimum atomic E-state index is -4.74. The van der Waals surface area contributed by atoms with Gasteiger partial charge in [-0.3, -0.25) is 19.2 Å². The van der Waals surface area contributed by atoms with Gasteiger partial charge in [-0.2, -0.15) is 13.2 Å².